The zero-order valence-corrected chi connectivity index (χ0v) is 13.2. The molecule has 0 aromatic heterocycles. The zero-order valence-electron chi connectivity index (χ0n) is 11.5. The number of halogens is 2. The van der Waals surface area contributed by atoms with Crippen LogP contribution in [0.1, 0.15) is 45.4 Å². The third-order valence-electron chi connectivity index (χ3n) is 3.37. The fraction of sp³-hybridized carbons (Fsp3) is 0.917. The molecule has 1 aliphatic heterocycles. The molecule has 1 fully saturated rings. The second-order valence-corrected chi connectivity index (χ2v) is 4.72. The molecular formula is C12H26BCl2NO2. The van der Waals surface area contributed by atoms with Gasteiger partial charge >= 0.3 is 8.05 Å². The number of carbonyl (C=O) groups is 1. The first-order valence-corrected chi connectivity index (χ1v) is 6.58. The quantitative estimate of drug-likeness (QED) is 0.704. The molecule has 1 saturated heterocycles. The van der Waals surface area contributed by atoms with E-state index in [0.29, 0.717) is 0 Å². The predicted octanol–water partition coefficient (Wildman–Crippen LogP) is 2.21. The summed E-state index contributed by atoms with van der Waals surface area (Å²) in [5.41, 5.74) is 0. The maximum Gasteiger partial charge on any atom is 0.325 e. The van der Waals surface area contributed by atoms with Gasteiger partial charge in [0.05, 0.1) is 5.92 Å². The van der Waals surface area contributed by atoms with E-state index < -0.39 is 0 Å². The van der Waals surface area contributed by atoms with Gasteiger partial charge in [0.25, 0.3) is 5.97 Å². The van der Waals surface area contributed by atoms with Crippen molar-refractivity contribution in [1.29, 1.82) is 0 Å². The van der Waals surface area contributed by atoms with Gasteiger partial charge in [0.15, 0.2) is 0 Å². The summed E-state index contributed by atoms with van der Waals surface area (Å²) in [6.07, 6.45) is 7.14. The van der Waals surface area contributed by atoms with Crippen molar-refractivity contribution in [3.63, 3.8) is 0 Å². The Hall–Kier alpha value is 0.0749. The highest BCUT2D eigenvalue weighted by atomic mass is 35.5. The summed E-state index contributed by atoms with van der Waals surface area (Å²) in [5.74, 6) is 0.0575. The van der Waals surface area contributed by atoms with Gasteiger partial charge in [0.1, 0.15) is 0 Å². The lowest BCUT2D eigenvalue weighted by molar-refractivity contribution is -0.139. The summed E-state index contributed by atoms with van der Waals surface area (Å²) in [4.78, 5) is 14.1. The summed E-state index contributed by atoms with van der Waals surface area (Å²) >= 11 is 0. The standard InChI is InChI=1S/C12H24BNO2.2ClH/c1-2-3-7-11(12(15)16-13)10-14-8-5-4-6-9-14;;/h11H,2-10,13H2,1H3;2*1H. The Kier molecular flexibility index (Phi) is 13.7. The molecule has 0 aliphatic carbocycles. The van der Waals surface area contributed by atoms with Gasteiger partial charge in [-0.25, -0.2) is 0 Å². The number of unbranched alkanes of at least 4 members (excludes halogenated alkanes) is 1. The lowest BCUT2D eigenvalue weighted by atomic mass is 10.00. The van der Waals surface area contributed by atoms with Crippen molar-refractivity contribution in [2.45, 2.75) is 45.4 Å². The highest BCUT2D eigenvalue weighted by Crippen LogP contribution is 2.16. The molecule has 0 radical (unpaired) electrons. The van der Waals surface area contributed by atoms with Crippen LogP contribution in [0.4, 0.5) is 0 Å². The van der Waals surface area contributed by atoms with Crippen molar-refractivity contribution in [3.8, 4) is 0 Å². The average Bonchev–Trinajstić information content (AvgIpc) is 2.34. The minimum absolute atomic E-state index is 0. The van der Waals surface area contributed by atoms with Crippen molar-refractivity contribution in [1.82, 2.24) is 4.90 Å². The van der Waals surface area contributed by atoms with Crippen LogP contribution in [-0.2, 0) is 9.45 Å². The summed E-state index contributed by atoms with van der Waals surface area (Å²) < 4.78 is 4.89. The smallest absolute Gasteiger partial charge is 0.325 e. The van der Waals surface area contributed by atoms with Crippen LogP contribution in [0.5, 0.6) is 0 Å². The largest absolute Gasteiger partial charge is 0.543 e. The summed E-state index contributed by atoms with van der Waals surface area (Å²) in [6, 6.07) is 0. The van der Waals surface area contributed by atoms with Crippen LogP contribution >= 0.6 is 24.8 Å². The van der Waals surface area contributed by atoms with E-state index in [1.807, 2.05) is 0 Å². The number of likely N-dealkylation sites (tertiary alicyclic amines) is 1. The molecule has 3 nitrogen and oxygen atoms in total. The molecule has 6 heteroatoms. The van der Waals surface area contributed by atoms with Crippen LogP contribution in [0.3, 0.4) is 0 Å². The van der Waals surface area contributed by atoms with Gasteiger partial charge in [-0.1, -0.05) is 26.2 Å². The number of piperidine rings is 1. The predicted molar refractivity (Wildman–Crippen MR) is 82.4 cm³/mol. The van der Waals surface area contributed by atoms with Crippen LogP contribution < -0.4 is 0 Å². The number of rotatable bonds is 6. The Labute approximate surface area is 124 Å². The van der Waals surface area contributed by atoms with Crippen LogP contribution in [-0.4, -0.2) is 38.6 Å². The van der Waals surface area contributed by atoms with Gasteiger partial charge in [-0.3, -0.25) is 4.79 Å². The van der Waals surface area contributed by atoms with Gasteiger partial charge in [-0.15, -0.1) is 24.8 Å². The van der Waals surface area contributed by atoms with E-state index in [2.05, 4.69) is 11.8 Å². The van der Waals surface area contributed by atoms with E-state index in [-0.39, 0.29) is 36.7 Å². The Morgan fingerprint density at radius 2 is 1.89 bits per heavy atom. The van der Waals surface area contributed by atoms with Crippen molar-refractivity contribution >= 4 is 38.8 Å². The van der Waals surface area contributed by atoms with Gasteiger partial charge in [0, 0.05) is 6.54 Å². The first-order valence-electron chi connectivity index (χ1n) is 6.58. The second-order valence-electron chi connectivity index (χ2n) is 4.72. The van der Waals surface area contributed by atoms with Gasteiger partial charge in [-0.2, -0.15) is 0 Å². The maximum atomic E-state index is 11.6. The first kappa shape index (κ1) is 20.4. The topological polar surface area (TPSA) is 29.5 Å². The SMILES string of the molecule is BOC(=O)C(CCCC)CN1CCCCC1.Cl.Cl. The van der Waals surface area contributed by atoms with Crippen molar-refractivity contribution in [2.75, 3.05) is 19.6 Å². The lowest BCUT2D eigenvalue weighted by Crippen LogP contribution is -2.37. The number of hydrogen-bond donors (Lipinski definition) is 0. The fourth-order valence-corrected chi connectivity index (χ4v) is 2.35. The number of nitrogens with zero attached hydrogens (tertiary/aromatic N) is 1. The van der Waals surface area contributed by atoms with E-state index in [1.165, 1.54) is 27.3 Å². The highest BCUT2D eigenvalue weighted by molar-refractivity contribution is 6.05. The molecule has 1 rings (SSSR count). The Morgan fingerprint density at radius 1 is 1.28 bits per heavy atom. The molecule has 0 aromatic rings. The van der Waals surface area contributed by atoms with E-state index in [1.54, 1.807) is 0 Å². The molecule has 1 atom stereocenters. The Bertz CT molecular complexity index is 214. The van der Waals surface area contributed by atoms with Crippen LogP contribution in [0.15, 0.2) is 0 Å². The molecule has 18 heavy (non-hydrogen) atoms. The molecule has 1 heterocycles. The Morgan fingerprint density at radius 3 is 2.39 bits per heavy atom. The molecule has 0 saturated carbocycles. The molecular weight excluding hydrogens is 272 g/mol. The molecule has 0 bridgehead atoms. The summed E-state index contributed by atoms with van der Waals surface area (Å²) in [5, 5.41) is 0. The van der Waals surface area contributed by atoms with Crippen molar-refractivity contribution < 1.29 is 9.45 Å². The third kappa shape index (κ3) is 7.50. The molecule has 1 unspecified atom stereocenters. The maximum absolute atomic E-state index is 11.6. The van der Waals surface area contributed by atoms with Crippen LogP contribution in [0.25, 0.3) is 0 Å². The zero-order chi connectivity index (χ0) is 11.8. The number of hydrogen-bond acceptors (Lipinski definition) is 3. The molecule has 108 valence electrons. The van der Waals surface area contributed by atoms with E-state index in [4.69, 9.17) is 4.65 Å². The van der Waals surface area contributed by atoms with E-state index in [9.17, 15) is 4.79 Å². The average molecular weight is 298 g/mol. The second kappa shape index (κ2) is 12.1. The number of carbonyl (C=O) groups excluding carboxylic acids is 1. The lowest BCUT2D eigenvalue weighted by Gasteiger charge is -2.29. The molecule has 0 N–H and O–H groups in total. The minimum atomic E-state index is -0.0287. The third-order valence-corrected chi connectivity index (χ3v) is 3.37. The molecule has 0 aromatic carbocycles. The van der Waals surface area contributed by atoms with Gasteiger partial charge in [-0.05, 0) is 32.4 Å². The molecule has 0 spiro atoms. The Balaban J connectivity index is 0. The van der Waals surface area contributed by atoms with Crippen molar-refractivity contribution in [2.24, 2.45) is 5.92 Å². The van der Waals surface area contributed by atoms with E-state index in [0.717, 1.165) is 38.9 Å². The van der Waals surface area contributed by atoms with Crippen LogP contribution in [0, 0.1) is 5.92 Å². The molecule has 1 aliphatic rings. The van der Waals surface area contributed by atoms with E-state index >= 15 is 0 Å². The normalized spacial score (nSPS) is 17.2. The minimum Gasteiger partial charge on any atom is -0.543 e. The van der Waals surface area contributed by atoms with Crippen LogP contribution in [0.2, 0.25) is 0 Å². The monoisotopic (exact) mass is 297 g/mol. The highest BCUT2D eigenvalue weighted by Gasteiger charge is 2.22. The summed E-state index contributed by atoms with van der Waals surface area (Å²) in [6.45, 7) is 5.36. The van der Waals surface area contributed by atoms with Gasteiger partial charge in [0.2, 0.25) is 0 Å². The van der Waals surface area contributed by atoms with Gasteiger partial charge < -0.3 is 9.55 Å². The fourth-order valence-electron chi connectivity index (χ4n) is 2.35. The van der Waals surface area contributed by atoms with Crippen molar-refractivity contribution in [3.05, 3.63) is 0 Å². The molecule has 0 amide bonds. The summed E-state index contributed by atoms with van der Waals surface area (Å²) in [7, 11) is 1.50. The first-order chi connectivity index (χ1) is 7.77.